The first kappa shape index (κ1) is 11.6. The summed E-state index contributed by atoms with van der Waals surface area (Å²) >= 11 is 6.31. The number of benzene rings is 2. The number of thiol groups is 1. The maximum atomic E-state index is 4.47. The summed E-state index contributed by atoms with van der Waals surface area (Å²) in [6, 6.07) is 16.9. The minimum Gasteiger partial charge on any atom is -0.142 e. The molecule has 0 aromatic heterocycles. The fourth-order valence-corrected chi connectivity index (χ4v) is 2.80. The summed E-state index contributed by atoms with van der Waals surface area (Å²) in [6.07, 6.45) is 0. The topological polar surface area (TPSA) is 0 Å². The largest absolute Gasteiger partial charge is 0.142 e. The maximum absolute atomic E-state index is 4.47. The lowest BCUT2D eigenvalue weighted by Crippen LogP contribution is -1.82. The lowest BCUT2D eigenvalue weighted by molar-refractivity contribution is 1.21. The van der Waals surface area contributed by atoms with Crippen molar-refractivity contribution in [3.8, 4) is 0 Å². The van der Waals surface area contributed by atoms with Gasteiger partial charge in [-0.05, 0) is 30.2 Å². The van der Waals surface area contributed by atoms with Gasteiger partial charge in [0, 0.05) is 15.5 Å². The molecule has 82 valence electrons. The molecule has 0 radical (unpaired) electrons. The second-order valence-corrected chi connectivity index (χ2v) is 5.24. The third-order valence-electron chi connectivity index (χ3n) is 2.35. The van der Waals surface area contributed by atoms with Gasteiger partial charge in [-0.25, -0.2) is 0 Å². The molecule has 0 bridgehead atoms. The smallest absolute Gasteiger partial charge is 0.0232 e. The second kappa shape index (κ2) is 5.46. The molecule has 0 spiro atoms. The molecule has 0 nitrogen and oxygen atoms in total. The average molecular weight is 246 g/mol. The molecule has 2 heteroatoms. The Kier molecular flexibility index (Phi) is 3.97. The van der Waals surface area contributed by atoms with E-state index in [-0.39, 0.29) is 0 Å². The van der Waals surface area contributed by atoms with Crippen molar-refractivity contribution in [3.05, 3.63) is 59.7 Å². The Bertz CT molecular complexity index is 463. The fraction of sp³-hybridized carbons (Fsp3) is 0.143. The minimum atomic E-state index is 0.998. The summed E-state index contributed by atoms with van der Waals surface area (Å²) in [5.74, 6) is 0.998. The molecule has 0 unspecified atom stereocenters. The van der Waals surface area contributed by atoms with Gasteiger partial charge in [-0.1, -0.05) is 36.4 Å². The van der Waals surface area contributed by atoms with E-state index < -0.39 is 0 Å². The molecule has 0 fully saturated rings. The third kappa shape index (κ3) is 3.06. The summed E-state index contributed by atoms with van der Waals surface area (Å²) in [5.41, 5.74) is 2.63. The van der Waals surface area contributed by atoms with Crippen molar-refractivity contribution in [2.45, 2.75) is 22.5 Å². The zero-order chi connectivity index (χ0) is 11.4. The Morgan fingerprint density at radius 2 is 1.81 bits per heavy atom. The fourth-order valence-electron chi connectivity index (χ4n) is 1.47. The zero-order valence-electron chi connectivity index (χ0n) is 9.18. The van der Waals surface area contributed by atoms with Gasteiger partial charge in [-0.3, -0.25) is 0 Å². The van der Waals surface area contributed by atoms with Gasteiger partial charge in [0.05, 0.1) is 0 Å². The van der Waals surface area contributed by atoms with Crippen LogP contribution in [0.2, 0.25) is 0 Å². The highest BCUT2D eigenvalue weighted by molar-refractivity contribution is 7.99. The van der Waals surface area contributed by atoms with E-state index in [2.05, 4.69) is 62.0 Å². The molecule has 2 rings (SSSR count). The van der Waals surface area contributed by atoms with Crippen molar-refractivity contribution < 1.29 is 0 Å². The highest BCUT2D eigenvalue weighted by Gasteiger charge is 2.00. The van der Waals surface area contributed by atoms with Crippen molar-refractivity contribution in [2.75, 3.05) is 0 Å². The van der Waals surface area contributed by atoms with Crippen LogP contribution in [0.5, 0.6) is 0 Å². The van der Waals surface area contributed by atoms with Crippen molar-refractivity contribution in [2.24, 2.45) is 0 Å². The van der Waals surface area contributed by atoms with Crippen molar-refractivity contribution in [1.82, 2.24) is 0 Å². The van der Waals surface area contributed by atoms with Crippen LogP contribution in [0.1, 0.15) is 11.1 Å². The number of rotatable bonds is 3. The molecule has 0 aliphatic rings. The number of hydrogen-bond donors (Lipinski definition) is 1. The molecule has 16 heavy (non-hydrogen) atoms. The van der Waals surface area contributed by atoms with Gasteiger partial charge in [0.2, 0.25) is 0 Å². The Morgan fingerprint density at radius 1 is 1.06 bits per heavy atom. The summed E-state index contributed by atoms with van der Waals surface area (Å²) < 4.78 is 0. The Morgan fingerprint density at radius 3 is 2.56 bits per heavy atom. The van der Waals surface area contributed by atoms with Gasteiger partial charge < -0.3 is 0 Å². The quantitative estimate of drug-likeness (QED) is 0.611. The molecule has 0 amide bonds. The van der Waals surface area contributed by atoms with Gasteiger partial charge >= 0.3 is 0 Å². The molecule has 0 atom stereocenters. The summed E-state index contributed by atoms with van der Waals surface area (Å²) in [4.78, 5) is 2.32. The molecular formula is C14H14S2. The summed E-state index contributed by atoms with van der Waals surface area (Å²) in [6.45, 7) is 2.11. The normalized spacial score (nSPS) is 10.4. The van der Waals surface area contributed by atoms with Crippen molar-refractivity contribution >= 4 is 24.4 Å². The van der Waals surface area contributed by atoms with Gasteiger partial charge in [-0.2, -0.15) is 0 Å². The van der Waals surface area contributed by atoms with E-state index >= 15 is 0 Å². The number of aryl methyl sites for hydroxylation is 1. The van der Waals surface area contributed by atoms with Crippen molar-refractivity contribution in [1.29, 1.82) is 0 Å². The summed E-state index contributed by atoms with van der Waals surface area (Å²) in [5, 5.41) is 0. The van der Waals surface area contributed by atoms with Crippen LogP contribution in [0.3, 0.4) is 0 Å². The standard InChI is InChI=1S/C14H14S2/c1-11-7-8-13(15)14(9-11)16-10-12-5-3-2-4-6-12/h2-9,15H,10H2,1H3. The van der Waals surface area contributed by atoms with E-state index in [4.69, 9.17) is 0 Å². The number of hydrogen-bond acceptors (Lipinski definition) is 2. The van der Waals surface area contributed by atoms with Gasteiger partial charge in [-0.15, -0.1) is 24.4 Å². The zero-order valence-corrected chi connectivity index (χ0v) is 10.9. The van der Waals surface area contributed by atoms with Crippen LogP contribution in [0.4, 0.5) is 0 Å². The molecule has 2 aromatic rings. The van der Waals surface area contributed by atoms with Crippen LogP contribution in [0, 0.1) is 6.92 Å². The van der Waals surface area contributed by atoms with Gasteiger partial charge in [0.25, 0.3) is 0 Å². The van der Waals surface area contributed by atoms with E-state index in [1.165, 1.54) is 16.0 Å². The molecular weight excluding hydrogens is 232 g/mol. The Hall–Kier alpha value is -0.860. The van der Waals surface area contributed by atoms with E-state index in [1.54, 1.807) is 0 Å². The van der Waals surface area contributed by atoms with Crippen LogP contribution >= 0.6 is 24.4 Å². The molecule has 0 saturated carbocycles. The third-order valence-corrected chi connectivity index (χ3v) is 4.02. The molecule has 0 aliphatic carbocycles. The maximum Gasteiger partial charge on any atom is 0.0232 e. The van der Waals surface area contributed by atoms with E-state index in [0.29, 0.717) is 0 Å². The lowest BCUT2D eigenvalue weighted by atomic mass is 10.2. The molecule has 0 aliphatic heterocycles. The van der Waals surface area contributed by atoms with E-state index in [9.17, 15) is 0 Å². The van der Waals surface area contributed by atoms with Crippen LogP contribution < -0.4 is 0 Å². The Labute approximate surface area is 106 Å². The van der Waals surface area contributed by atoms with Gasteiger partial charge in [0.15, 0.2) is 0 Å². The predicted octanol–water partition coefficient (Wildman–Crippen LogP) is 4.58. The number of thioether (sulfide) groups is 1. The Balaban J connectivity index is 2.08. The van der Waals surface area contributed by atoms with Crippen LogP contribution in [-0.4, -0.2) is 0 Å². The average Bonchev–Trinajstić information content (AvgIpc) is 2.32. The molecule has 0 heterocycles. The van der Waals surface area contributed by atoms with Crippen molar-refractivity contribution in [3.63, 3.8) is 0 Å². The minimum absolute atomic E-state index is 0.998. The predicted molar refractivity (Wildman–Crippen MR) is 74.4 cm³/mol. The van der Waals surface area contributed by atoms with E-state index in [0.717, 1.165) is 10.6 Å². The van der Waals surface area contributed by atoms with E-state index in [1.807, 2.05) is 17.8 Å². The second-order valence-electron chi connectivity index (χ2n) is 3.75. The lowest BCUT2D eigenvalue weighted by Gasteiger charge is -2.06. The highest BCUT2D eigenvalue weighted by atomic mass is 32.2. The first-order valence-corrected chi connectivity index (χ1v) is 6.65. The molecule has 0 saturated heterocycles. The van der Waals surface area contributed by atoms with Crippen LogP contribution in [0.15, 0.2) is 58.3 Å². The monoisotopic (exact) mass is 246 g/mol. The molecule has 0 N–H and O–H groups in total. The summed E-state index contributed by atoms with van der Waals surface area (Å²) in [7, 11) is 0. The molecule has 2 aromatic carbocycles. The first-order valence-electron chi connectivity index (χ1n) is 5.22. The highest BCUT2D eigenvalue weighted by Crippen LogP contribution is 2.29. The van der Waals surface area contributed by atoms with Crippen LogP contribution in [-0.2, 0) is 5.75 Å². The first-order chi connectivity index (χ1) is 7.75. The SMILES string of the molecule is Cc1ccc(S)c(SCc2ccccc2)c1. The van der Waals surface area contributed by atoms with Crippen LogP contribution in [0.25, 0.3) is 0 Å². The van der Waals surface area contributed by atoms with Gasteiger partial charge in [0.1, 0.15) is 0 Å².